The van der Waals surface area contributed by atoms with Crippen molar-refractivity contribution in [3.63, 3.8) is 0 Å². The first-order valence-electron chi connectivity index (χ1n) is 6.34. The lowest BCUT2D eigenvalue weighted by Gasteiger charge is -2.20. The van der Waals surface area contributed by atoms with Gasteiger partial charge in [-0.1, -0.05) is 24.2 Å². The number of halogens is 1. The van der Waals surface area contributed by atoms with Crippen molar-refractivity contribution in [3.05, 3.63) is 35.6 Å². The Morgan fingerprint density at radius 1 is 1.58 bits per heavy atom. The summed E-state index contributed by atoms with van der Waals surface area (Å²) in [5.41, 5.74) is 0.234. The second-order valence-corrected chi connectivity index (χ2v) is 4.80. The van der Waals surface area contributed by atoms with E-state index in [1.54, 1.807) is 19.1 Å². The summed E-state index contributed by atoms with van der Waals surface area (Å²) in [6.45, 7) is 4.27. The van der Waals surface area contributed by atoms with Gasteiger partial charge in [-0.2, -0.15) is 0 Å². The Morgan fingerprint density at radius 2 is 2.37 bits per heavy atom. The van der Waals surface area contributed by atoms with Crippen LogP contribution in [0.25, 0.3) is 0 Å². The Morgan fingerprint density at radius 3 is 3.05 bits per heavy atom. The van der Waals surface area contributed by atoms with Gasteiger partial charge in [0.25, 0.3) is 5.91 Å². The van der Waals surface area contributed by atoms with Gasteiger partial charge in [-0.05, 0) is 25.5 Å². The molecular formula is C14H17FN2O2. The highest BCUT2D eigenvalue weighted by atomic mass is 19.1. The Bertz CT molecular complexity index is 516. The van der Waals surface area contributed by atoms with E-state index in [2.05, 4.69) is 10.5 Å². The quantitative estimate of drug-likeness (QED) is 0.906. The minimum absolute atomic E-state index is 0.190. The molecule has 0 aromatic heterocycles. The molecule has 1 atom stereocenters. The smallest absolute Gasteiger partial charge is 0.267 e. The van der Waals surface area contributed by atoms with Crippen LogP contribution in [0.4, 0.5) is 4.39 Å². The number of nitrogens with zero attached hydrogens (tertiary/aromatic N) is 1. The highest BCUT2D eigenvalue weighted by Crippen LogP contribution is 2.27. The van der Waals surface area contributed by atoms with Crippen LogP contribution in [0.2, 0.25) is 0 Å². The summed E-state index contributed by atoms with van der Waals surface area (Å²) in [6, 6.07) is 6.12. The molecule has 1 N–H and O–H groups in total. The molecule has 0 saturated carbocycles. The van der Waals surface area contributed by atoms with Gasteiger partial charge in [0.1, 0.15) is 5.82 Å². The summed E-state index contributed by atoms with van der Waals surface area (Å²) >= 11 is 0. The largest absolute Gasteiger partial charge is 0.379 e. The third-order valence-electron chi connectivity index (χ3n) is 3.04. The van der Waals surface area contributed by atoms with Gasteiger partial charge in [-0.3, -0.25) is 4.79 Å². The molecule has 0 fully saturated rings. The van der Waals surface area contributed by atoms with Crippen LogP contribution >= 0.6 is 0 Å². The average molecular weight is 264 g/mol. The molecule has 102 valence electrons. The molecule has 19 heavy (non-hydrogen) atoms. The average Bonchev–Trinajstić information content (AvgIpc) is 2.80. The molecule has 2 rings (SSSR count). The number of amides is 1. The second-order valence-electron chi connectivity index (χ2n) is 4.80. The highest BCUT2D eigenvalue weighted by molar-refractivity contribution is 6.05. The number of nitrogens with one attached hydrogen (secondary N) is 1. The maximum Gasteiger partial charge on any atom is 0.267 e. The van der Waals surface area contributed by atoms with Crippen LogP contribution in [0.5, 0.6) is 0 Å². The summed E-state index contributed by atoms with van der Waals surface area (Å²) in [6.07, 6.45) is 1.20. The molecule has 1 aliphatic rings. The molecule has 1 amide bonds. The Balaban J connectivity index is 2.08. The predicted octanol–water partition coefficient (Wildman–Crippen LogP) is 2.24. The minimum Gasteiger partial charge on any atom is -0.379 e. The van der Waals surface area contributed by atoms with Gasteiger partial charge in [-0.15, -0.1) is 0 Å². The number of carbonyl (C=O) groups excluding carboxylic acids is 1. The highest BCUT2D eigenvalue weighted by Gasteiger charge is 2.41. The Labute approximate surface area is 111 Å². The van der Waals surface area contributed by atoms with Gasteiger partial charge >= 0.3 is 0 Å². The molecule has 0 spiro atoms. The molecule has 1 aromatic rings. The number of hydrogen-bond donors (Lipinski definition) is 1. The van der Waals surface area contributed by atoms with Crippen LogP contribution in [-0.4, -0.2) is 23.8 Å². The second kappa shape index (κ2) is 5.38. The number of rotatable bonds is 4. The van der Waals surface area contributed by atoms with Crippen molar-refractivity contribution in [2.45, 2.75) is 32.3 Å². The molecule has 0 bridgehead atoms. The molecule has 1 aromatic carbocycles. The zero-order chi connectivity index (χ0) is 13.9. The van der Waals surface area contributed by atoms with Crippen LogP contribution in [0.1, 0.15) is 32.3 Å². The van der Waals surface area contributed by atoms with Crippen LogP contribution in [-0.2, 0) is 9.63 Å². The van der Waals surface area contributed by atoms with E-state index in [-0.39, 0.29) is 11.7 Å². The molecule has 4 nitrogen and oxygen atoms in total. The zero-order valence-electron chi connectivity index (χ0n) is 11.1. The normalized spacial score (nSPS) is 21.7. The van der Waals surface area contributed by atoms with Gasteiger partial charge in [-0.25, -0.2) is 4.39 Å². The summed E-state index contributed by atoms with van der Waals surface area (Å²) in [5, 5.41) is 6.71. The van der Waals surface area contributed by atoms with E-state index >= 15 is 0 Å². The Hall–Kier alpha value is -1.91. The SMILES string of the molecule is CCCNC(=O)[C@@]1(C)CC(c2cccc(F)c2)=NO1. The number of hydrogen-bond acceptors (Lipinski definition) is 3. The summed E-state index contributed by atoms with van der Waals surface area (Å²) in [5.74, 6) is -0.520. The van der Waals surface area contributed by atoms with Crippen LogP contribution in [0.15, 0.2) is 29.4 Å². The fourth-order valence-corrected chi connectivity index (χ4v) is 1.91. The van der Waals surface area contributed by atoms with Crippen molar-refractivity contribution in [2.75, 3.05) is 6.54 Å². The third kappa shape index (κ3) is 2.92. The maximum atomic E-state index is 13.2. The molecule has 0 radical (unpaired) electrons. The van der Waals surface area contributed by atoms with Gasteiger partial charge in [0.2, 0.25) is 5.60 Å². The van der Waals surface area contributed by atoms with E-state index in [4.69, 9.17) is 4.84 Å². The van der Waals surface area contributed by atoms with E-state index in [1.807, 2.05) is 6.92 Å². The van der Waals surface area contributed by atoms with Gasteiger partial charge in [0.15, 0.2) is 0 Å². The summed E-state index contributed by atoms with van der Waals surface area (Å²) in [7, 11) is 0. The van der Waals surface area contributed by atoms with E-state index in [1.165, 1.54) is 12.1 Å². The minimum atomic E-state index is -1.00. The van der Waals surface area contributed by atoms with Crippen molar-refractivity contribution in [3.8, 4) is 0 Å². The number of benzene rings is 1. The van der Waals surface area contributed by atoms with E-state index < -0.39 is 5.60 Å². The van der Waals surface area contributed by atoms with Crippen molar-refractivity contribution >= 4 is 11.6 Å². The van der Waals surface area contributed by atoms with Crippen molar-refractivity contribution in [2.24, 2.45) is 5.16 Å². The molecule has 0 saturated heterocycles. The van der Waals surface area contributed by atoms with Crippen molar-refractivity contribution in [1.29, 1.82) is 0 Å². The zero-order valence-corrected chi connectivity index (χ0v) is 11.1. The van der Waals surface area contributed by atoms with Crippen molar-refractivity contribution in [1.82, 2.24) is 5.32 Å². The van der Waals surface area contributed by atoms with Gasteiger partial charge < -0.3 is 10.2 Å². The van der Waals surface area contributed by atoms with Crippen LogP contribution < -0.4 is 5.32 Å². The summed E-state index contributed by atoms with van der Waals surface area (Å²) in [4.78, 5) is 17.2. The monoisotopic (exact) mass is 264 g/mol. The third-order valence-corrected chi connectivity index (χ3v) is 3.04. The standard InChI is InChI=1S/C14H17FN2O2/c1-3-7-16-13(18)14(2)9-12(17-19-14)10-5-4-6-11(15)8-10/h4-6,8H,3,7,9H2,1-2H3,(H,16,18)/t14-/m1/s1. The first-order valence-corrected chi connectivity index (χ1v) is 6.34. The molecule has 0 aliphatic carbocycles. The fraction of sp³-hybridized carbons (Fsp3) is 0.429. The lowest BCUT2D eigenvalue weighted by atomic mass is 9.95. The maximum absolute atomic E-state index is 13.2. The molecule has 0 unspecified atom stereocenters. The topological polar surface area (TPSA) is 50.7 Å². The molecular weight excluding hydrogens is 247 g/mol. The molecule has 5 heteroatoms. The first-order chi connectivity index (χ1) is 9.05. The predicted molar refractivity (Wildman–Crippen MR) is 70.3 cm³/mol. The van der Waals surface area contributed by atoms with Crippen molar-refractivity contribution < 1.29 is 14.0 Å². The number of carbonyl (C=O) groups is 1. The van der Waals surface area contributed by atoms with Gasteiger partial charge in [0, 0.05) is 18.5 Å². The first kappa shape index (κ1) is 13.5. The van der Waals surface area contributed by atoms with Crippen LogP contribution in [0, 0.1) is 5.82 Å². The lowest BCUT2D eigenvalue weighted by Crippen LogP contribution is -2.45. The number of oxime groups is 1. The van der Waals surface area contributed by atoms with E-state index in [0.717, 1.165) is 6.42 Å². The molecule has 1 heterocycles. The van der Waals surface area contributed by atoms with E-state index in [0.29, 0.717) is 24.2 Å². The Kier molecular flexibility index (Phi) is 3.83. The van der Waals surface area contributed by atoms with Crippen LogP contribution in [0.3, 0.4) is 0 Å². The molecule has 1 aliphatic heterocycles. The van der Waals surface area contributed by atoms with E-state index in [9.17, 15) is 9.18 Å². The van der Waals surface area contributed by atoms with Gasteiger partial charge in [0.05, 0.1) is 5.71 Å². The lowest BCUT2D eigenvalue weighted by molar-refractivity contribution is -0.141. The summed E-state index contributed by atoms with van der Waals surface area (Å²) < 4.78 is 13.2. The fourth-order valence-electron chi connectivity index (χ4n) is 1.91.